The standard InChI is InChI=1S/C27H25N7OS/c1-17(2)19-12-11-18(3)14-23(19)35-16-25-32-34-24(30-31-27(34)36-25)15-33-22-10-5-4-8-20(22)29-26(33)21-9-6-7-13-28-21/h4-14,17H,15-16H2,1-3H3. The molecule has 0 bridgehead atoms. The number of fused-ring (bicyclic) bond motifs is 2. The maximum absolute atomic E-state index is 6.21. The van der Waals surface area contributed by atoms with E-state index in [1.807, 2.05) is 36.4 Å². The molecule has 0 N–H and O–H groups in total. The highest BCUT2D eigenvalue weighted by atomic mass is 32.1. The Morgan fingerprint density at radius 1 is 1.00 bits per heavy atom. The number of imidazole rings is 1. The van der Waals surface area contributed by atoms with Gasteiger partial charge in [-0.1, -0.05) is 55.5 Å². The maximum Gasteiger partial charge on any atom is 0.234 e. The molecular weight excluding hydrogens is 470 g/mol. The highest BCUT2D eigenvalue weighted by Crippen LogP contribution is 2.29. The molecule has 8 nitrogen and oxygen atoms in total. The lowest BCUT2D eigenvalue weighted by molar-refractivity contribution is 0.299. The second-order valence-electron chi connectivity index (χ2n) is 9.02. The van der Waals surface area contributed by atoms with Crippen LogP contribution in [0, 0.1) is 6.92 Å². The van der Waals surface area contributed by atoms with E-state index in [0.29, 0.717) is 19.1 Å². The van der Waals surface area contributed by atoms with Gasteiger partial charge >= 0.3 is 0 Å². The number of aromatic nitrogens is 7. The third-order valence-electron chi connectivity index (χ3n) is 6.09. The zero-order valence-corrected chi connectivity index (χ0v) is 21.1. The van der Waals surface area contributed by atoms with Crippen molar-refractivity contribution in [3.05, 3.63) is 88.8 Å². The van der Waals surface area contributed by atoms with Crippen LogP contribution in [-0.2, 0) is 13.2 Å². The number of benzene rings is 2. The lowest BCUT2D eigenvalue weighted by Gasteiger charge is -2.14. The SMILES string of the molecule is Cc1ccc(C(C)C)c(OCc2nn3c(Cn4c(-c5ccccn5)nc5ccccc54)nnc3s2)c1. The zero-order valence-electron chi connectivity index (χ0n) is 20.3. The molecule has 0 radical (unpaired) electrons. The lowest BCUT2D eigenvalue weighted by Crippen LogP contribution is -2.08. The molecule has 0 saturated heterocycles. The van der Waals surface area contributed by atoms with Gasteiger partial charge in [0.15, 0.2) is 16.7 Å². The molecule has 0 aliphatic rings. The number of aryl methyl sites for hydroxylation is 1. The largest absolute Gasteiger partial charge is 0.486 e. The van der Waals surface area contributed by atoms with Crippen LogP contribution in [0.3, 0.4) is 0 Å². The number of para-hydroxylation sites is 2. The molecule has 2 aromatic carbocycles. The molecule has 0 saturated carbocycles. The summed E-state index contributed by atoms with van der Waals surface area (Å²) in [5, 5.41) is 14.4. The minimum Gasteiger partial charge on any atom is -0.486 e. The highest BCUT2D eigenvalue weighted by Gasteiger charge is 2.18. The third kappa shape index (κ3) is 4.11. The summed E-state index contributed by atoms with van der Waals surface area (Å²) in [4.78, 5) is 10.1. The summed E-state index contributed by atoms with van der Waals surface area (Å²) in [5.74, 6) is 2.80. The molecule has 36 heavy (non-hydrogen) atoms. The first-order valence-electron chi connectivity index (χ1n) is 11.9. The van der Waals surface area contributed by atoms with Crippen LogP contribution >= 0.6 is 11.3 Å². The van der Waals surface area contributed by atoms with Crippen molar-refractivity contribution in [1.29, 1.82) is 0 Å². The van der Waals surface area contributed by atoms with Gasteiger partial charge in [-0.2, -0.15) is 9.61 Å². The van der Waals surface area contributed by atoms with Crippen molar-refractivity contribution in [2.75, 3.05) is 0 Å². The fourth-order valence-electron chi connectivity index (χ4n) is 4.30. The van der Waals surface area contributed by atoms with Crippen molar-refractivity contribution in [3.63, 3.8) is 0 Å². The van der Waals surface area contributed by atoms with Crippen molar-refractivity contribution >= 4 is 27.3 Å². The fourth-order valence-corrected chi connectivity index (χ4v) is 5.07. The third-order valence-corrected chi connectivity index (χ3v) is 6.96. The van der Waals surface area contributed by atoms with Crippen LogP contribution in [0.25, 0.3) is 27.5 Å². The molecule has 6 aromatic rings. The average Bonchev–Trinajstić information content (AvgIpc) is 3.57. The van der Waals surface area contributed by atoms with Gasteiger partial charge in [-0.3, -0.25) is 4.98 Å². The van der Waals surface area contributed by atoms with Crippen LogP contribution in [0.15, 0.2) is 66.9 Å². The number of hydrogen-bond donors (Lipinski definition) is 0. The van der Waals surface area contributed by atoms with Crippen LogP contribution in [-0.4, -0.2) is 34.3 Å². The molecule has 9 heteroatoms. The highest BCUT2D eigenvalue weighted by molar-refractivity contribution is 7.16. The van der Waals surface area contributed by atoms with Gasteiger partial charge in [0.1, 0.15) is 18.1 Å². The van der Waals surface area contributed by atoms with Gasteiger partial charge in [0, 0.05) is 6.20 Å². The lowest BCUT2D eigenvalue weighted by atomic mass is 10.0. The van der Waals surface area contributed by atoms with Gasteiger partial charge in [-0.15, -0.1) is 10.2 Å². The van der Waals surface area contributed by atoms with E-state index < -0.39 is 0 Å². The van der Waals surface area contributed by atoms with E-state index in [1.165, 1.54) is 22.5 Å². The second-order valence-corrected chi connectivity index (χ2v) is 10.1. The first-order valence-corrected chi connectivity index (χ1v) is 12.7. The summed E-state index contributed by atoms with van der Waals surface area (Å²) in [6.45, 7) is 7.26. The molecule has 0 aliphatic carbocycles. The van der Waals surface area contributed by atoms with Gasteiger partial charge in [0.05, 0.1) is 17.6 Å². The Kier molecular flexibility index (Phi) is 5.69. The number of pyridine rings is 1. The predicted molar refractivity (Wildman–Crippen MR) is 140 cm³/mol. The first kappa shape index (κ1) is 22.4. The summed E-state index contributed by atoms with van der Waals surface area (Å²) in [6, 6.07) is 20.2. The van der Waals surface area contributed by atoms with Crippen molar-refractivity contribution < 1.29 is 4.74 Å². The summed E-state index contributed by atoms with van der Waals surface area (Å²) in [5.41, 5.74) is 5.09. The van der Waals surface area contributed by atoms with E-state index in [4.69, 9.17) is 14.8 Å². The molecule has 4 heterocycles. The Morgan fingerprint density at radius 3 is 2.69 bits per heavy atom. The van der Waals surface area contributed by atoms with Crippen molar-refractivity contribution in [2.45, 2.75) is 39.8 Å². The van der Waals surface area contributed by atoms with Gasteiger partial charge in [-0.05, 0) is 54.3 Å². The number of rotatable bonds is 7. The van der Waals surface area contributed by atoms with Gasteiger partial charge < -0.3 is 9.30 Å². The topological polar surface area (TPSA) is 83.0 Å². The first-order chi connectivity index (χ1) is 17.6. The molecule has 0 aliphatic heterocycles. The summed E-state index contributed by atoms with van der Waals surface area (Å²) in [6.07, 6.45) is 1.78. The van der Waals surface area contributed by atoms with Gasteiger partial charge in [-0.25, -0.2) is 4.98 Å². The van der Waals surface area contributed by atoms with Crippen LogP contribution in [0.2, 0.25) is 0 Å². The normalized spacial score (nSPS) is 11.7. The minimum atomic E-state index is 0.378. The number of ether oxygens (including phenoxy) is 1. The Balaban J connectivity index is 1.32. The summed E-state index contributed by atoms with van der Waals surface area (Å²) < 4.78 is 10.1. The second kappa shape index (κ2) is 9.16. The molecular formula is C27H25N7OS. The Bertz CT molecular complexity index is 1670. The van der Waals surface area contributed by atoms with Crippen molar-refractivity contribution in [2.24, 2.45) is 0 Å². The predicted octanol–water partition coefficient (Wildman–Crippen LogP) is 5.66. The van der Waals surface area contributed by atoms with Crippen molar-refractivity contribution in [1.82, 2.24) is 34.3 Å². The van der Waals surface area contributed by atoms with Gasteiger partial charge in [0.2, 0.25) is 4.96 Å². The van der Waals surface area contributed by atoms with Crippen LogP contribution < -0.4 is 4.74 Å². The maximum atomic E-state index is 6.21. The van der Waals surface area contributed by atoms with E-state index >= 15 is 0 Å². The average molecular weight is 496 g/mol. The van der Waals surface area contributed by atoms with E-state index in [0.717, 1.165) is 44.1 Å². The van der Waals surface area contributed by atoms with Crippen LogP contribution in [0.5, 0.6) is 5.75 Å². The molecule has 0 unspecified atom stereocenters. The van der Waals surface area contributed by atoms with Crippen LogP contribution in [0.1, 0.15) is 41.7 Å². The van der Waals surface area contributed by atoms with Crippen molar-refractivity contribution in [3.8, 4) is 17.3 Å². The Hall–Kier alpha value is -4.11. The molecule has 0 fully saturated rings. The van der Waals surface area contributed by atoms with E-state index in [9.17, 15) is 0 Å². The molecule has 0 amide bonds. The van der Waals surface area contributed by atoms with Gasteiger partial charge in [0.25, 0.3) is 0 Å². The summed E-state index contributed by atoms with van der Waals surface area (Å²) in [7, 11) is 0. The van der Waals surface area contributed by atoms with E-state index in [1.54, 1.807) is 10.7 Å². The molecule has 6 rings (SSSR count). The molecule has 0 atom stereocenters. The Morgan fingerprint density at radius 2 is 1.86 bits per heavy atom. The number of hydrogen-bond acceptors (Lipinski definition) is 7. The molecule has 0 spiro atoms. The quantitative estimate of drug-likeness (QED) is 0.284. The summed E-state index contributed by atoms with van der Waals surface area (Å²) >= 11 is 1.49. The van der Waals surface area contributed by atoms with E-state index in [2.05, 4.69) is 64.8 Å². The van der Waals surface area contributed by atoms with Crippen LogP contribution in [0.4, 0.5) is 0 Å². The monoisotopic (exact) mass is 495 g/mol. The molecule has 4 aromatic heterocycles. The fraction of sp³-hybridized carbons (Fsp3) is 0.222. The van der Waals surface area contributed by atoms with E-state index in [-0.39, 0.29) is 0 Å². The number of nitrogens with zero attached hydrogens (tertiary/aromatic N) is 7. The Labute approximate surface area is 212 Å². The zero-order chi connectivity index (χ0) is 24.6. The smallest absolute Gasteiger partial charge is 0.234 e. The minimum absolute atomic E-state index is 0.378. The molecule has 180 valence electrons.